The number of carbonyl (C=O) groups is 2. The van der Waals surface area contributed by atoms with Crippen molar-refractivity contribution in [3.63, 3.8) is 0 Å². The summed E-state index contributed by atoms with van der Waals surface area (Å²) < 4.78 is 11.8. The molecule has 2 unspecified atom stereocenters. The highest BCUT2D eigenvalue weighted by Crippen LogP contribution is 2.38. The van der Waals surface area contributed by atoms with Crippen molar-refractivity contribution in [2.45, 2.75) is 137 Å². The molecule has 0 radical (unpaired) electrons. The Morgan fingerprint density at radius 1 is 0.600 bits per heavy atom. The summed E-state index contributed by atoms with van der Waals surface area (Å²) in [6.07, 6.45) is 1.66. The fourth-order valence-corrected chi connectivity index (χ4v) is 8.33. The second-order valence-corrected chi connectivity index (χ2v) is 16.7. The first kappa shape index (κ1) is 47.8. The summed E-state index contributed by atoms with van der Waals surface area (Å²) in [6.45, 7) is 21.0. The van der Waals surface area contributed by atoms with Crippen LogP contribution in [-0.2, 0) is 13.2 Å². The number of ether oxygens (including phenoxy) is 2. The monoisotopic (exact) mass is 823 g/mol. The maximum atomic E-state index is 13.1. The summed E-state index contributed by atoms with van der Waals surface area (Å²) in [6, 6.07) is 31.1. The van der Waals surface area contributed by atoms with E-state index in [0.717, 1.165) is 58.5 Å². The predicted molar refractivity (Wildman–Crippen MR) is 243 cm³/mol. The predicted octanol–water partition coefficient (Wildman–Crippen LogP) is 10.1. The molecule has 0 aliphatic heterocycles. The molecule has 0 bridgehead atoms. The van der Waals surface area contributed by atoms with Gasteiger partial charge in [-0.15, -0.1) is 0 Å². The topological polar surface area (TPSA) is 124 Å². The molecule has 0 heterocycles. The van der Waals surface area contributed by atoms with Crippen LogP contribution in [0.3, 0.4) is 0 Å². The van der Waals surface area contributed by atoms with Crippen molar-refractivity contribution >= 4 is 17.9 Å². The number of unbranched alkanes of at least 4 members (excludes halogenated alkanes) is 1. The molecule has 0 aliphatic rings. The van der Waals surface area contributed by atoms with Gasteiger partial charge >= 0.3 is 12.2 Å². The summed E-state index contributed by atoms with van der Waals surface area (Å²) in [4.78, 5) is 31.1. The van der Waals surface area contributed by atoms with Gasteiger partial charge in [-0.1, -0.05) is 61.5 Å². The Morgan fingerprint density at radius 2 is 1.10 bits per heavy atom. The van der Waals surface area contributed by atoms with Crippen molar-refractivity contribution in [3.8, 4) is 11.5 Å². The lowest BCUT2D eigenvalue weighted by atomic mass is 9.86. The molecule has 0 spiro atoms. The van der Waals surface area contributed by atoms with E-state index >= 15 is 0 Å². The van der Waals surface area contributed by atoms with Crippen molar-refractivity contribution in [2.75, 3.05) is 24.5 Å². The summed E-state index contributed by atoms with van der Waals surface area (Å²) in [5, 5.41) is 25.7. The molecule has 326 valence electrons. The van der Waals surface area contributed by atoms with Crippen molar-refractivity contribution in [1.82, 2.24) is 15.5 Å². The Balaban J connectivity index is 1.36. The van der Waals surface area contributed by atoms with Gasteiger partial charge in [0.05, 0.1) is 13.2 Å². The second-order valence-electron chi connectivity index (χ2n) is 16.7. The highest BCUT2D eigenvalue weighted by molar-refractivity contribution is 5.72. The fraction of sp³-hybridized carbons (Fsp3) is 0.480. The lowest BCUT2D eigenvalue weighted by Gasteiger charge is -2.34. The van der Waals surface area contributed by atoms with E-state index in [1.54, 1.807) is 24.3 Å². The molecule has 0 saturated heterocycles. The number of aliphatic hydroxyl groups is 2. The van der Waals surface area contributed by atoms with Gasteiger partial charge in [0.25, 0.3) is 0 Å². The van der Waals surface area contributed by atoms with Crippen molar-refractivity contribution in [3.05, 3.63) is 124 Å². The van der Waals surface area contributed by atoms with Crippen LogP contribution < -0.4 is 25.0 Å². The fourth-order valence-electron chi connectivity index (χ4n) is 8.33. The van der Waals surface area contributed by atoms with Gasteiger partial charge in [-0.05, 0) is 146 Å². The number of nitrogens with one attached hydrogen (secondary N) is 2. The third kappa shape index (κ3) is 13.6. The Labute approximate surface area is 359 Å². The summed E-state index contributed by atoms with van der Waals surface area (Å²) >= 11 is 0. The van der Waals surface area contributed by atoms with Gasteiger partial charge in [0, 0.05) is 65.9 Å². The minimum atomic E-state index is -0.563. The van der Waals surface area contributed by atoms with Gasteiger partial charge in [0.2, 0.25) is 0 Å². The van der Waals surface area contributed by atoms with Gasteiger partial charge in [-0.25, -0.2) is 9.59 Å². The van der Waals surface area contributed by atoms with Gasteiger partial charge < -0.3 is 35.2 Å². The molecule has 4 N–H and O–H groups in total. The van der Waals surface area contributed by atoms with E-state index in [1.807, 2.05) is 30.3 Å². The number of anilines is 1. The molecule has 0 fully saturated rings. The maximum Gasteiger partial charge on any atom is 0.412 e. The number of nitrogens with zero attached hydrogens (tertiary/aromatic N) is 2. The lowest BCUT2D eigenvalue weighted by molar-refractivity contribution is 0.170. The standard InChI is InChI=1S/C50H70N4O6/c1-10-43(41-19-16-20-42(31-41)54(36(6)7)37(8)9)45-29-38(32-55)21-23-47(45)59-49(57)51-26-14-15-27-52-50(58)60-48-24-22-39(33-56)30-46(48)44(40-17-12-11-13-18-40)25-28-53(34(2)3)35(4)5/h11-13,16-24,29-31,34-37,43-44,55-56H,10,14-15,25-28,32-33H2,1-9H3,(H,51,57)(H,52,58). The molecular formula is C50H70N4O6. The Bertz CT molecular complexity index is 1920. The molecular weight excluding hydrogens is 753 g/mol. The van der Waals surface area contributed by atoms with Crippen molar-refractivity contribution in [2.24, 2.45) is 0 Å². The van der Waals surface area contributed by atoms with Crippen LogP contribution in [0.4, 0.5) is 15.3 Å². The number of rotatable bonds is 22. The molecule has 0 aromatic heterocycles. The zero-order chi connectivity index (χ0) is 43.8. The Morgan fingerprint density at radius 3 is 1.57 bits per heavy atom. The third-order valence-electron chi connectivity index (χ3n) is 11.1. The Kier molecular flexibility index (Phi) is 18.9. The molecule has 4 aromatic carbocycles. The first-order valence-electron chi connectivity index (χ1n) is 21.8. The SMILES string of the molecule is CCC(c1cccc(N(C(C)C)C(C)C)c1)c1cc(CO)ccc1OC(=O)NCCCCNC(=O)Oc1ccc(CO)cc1C(CCN(C(C)C)C(C)C)c1ccccc1. The molecule has 4 aromatic rings. The van der Waals surface area contributed by atoms with Gasteiger partial charge in [0.1, 0.15) is 11.5 Å². The molecule has 10 nitrogen and oxygen atoms in total. The second kappa shape index (κ2) is 23.8. The van der Waals surface area contributed by atoms with Gasteiger partial charge in [-0.3, -0.25) is 4.90 Å². The van der Waals surface area contributed by atoms with Crippen LogP contribution in [0.25, 0.3) is 0 Å². The van der Waals surface area contributed by atoms with E-state index in [2.05, 4.69) is 119 Å². The summed E-state index contributed by atoms with van der Waals surface area (Å²) in [5.41, 5.74) is 6.57. The molecule has 2 amide bonds. The zero-order valence-electron chi connectivity index (χ0n) is 37.4. The highest BCUT2D eigenvalue weighted by Gasteiger charge is 2.25. The average Bonchev–Trinajstić information content (AvgIpc) is 3.21. The van der Waals surface area contributed by atoms with E-state index in [0.29, 0.717) is 61.6 Å². The maximum absolute atomic E-state index is 13.1. The molecule has 10 heteroatoms. The average molecular weight is 823 g/mol. The minimum Gasteiger partial charge on any atom is -0.410 e. The number of hydrogen-bond acceptors (Lipinski definition) is 8. The molecule has 0 aliphatic carbocycles. The quantitative estimate of drug-likeness (QED) is 0.0578. The summed E-state index contributed by atoms with van der Waals surface area (Å²) in [5.74, 6) is 0.800. The third-order valence-corrected chi connectivity index (χ3v) is 11.1. The van der Waals surface area contributed by atoms with Crippen LogP contribution in [-0.4, -0.2) is 71.1 Å². The first-order valence-corrected chi connectivity index (χ1v) is 21.8. The van der Waals surface area contributed by atoms with E-state index in [1.165, 1.54) is 0 Å². The Hall–Kier alpha value is -4.90. The van der Waals surface area contributed by atoms with Crippen molar-refractivity contribution in [1.29, 1.82) is 0 Å². The van der Waals surface area contributed by atoms with E-state index in [4.69, 9.17) is 9.47 Å². The van der Waals surface area contributed by atoms with Crippen LogP contribution >= 0.6 is 0 Å². The highest BCUT2D eigenvalue weighted by atomic mass is 16.6. The van der Waals surface area contributed by atoms with Crippen LogP contribution in [0.1, 0.15) is 133 Å². The van der Waals surface area contributed by atoms with Gasteiger partial charge in [0.15, 0.2) is 0 Å². The number of benzene rings is 4. The minimum absolute atomic E-state index is 0.0560. The lowest BCUT2D eigenvalue weighted by Crippen LogP contribution is -2.38. The van der Waals surface area contributed by atoms with E-state index in [-0.39, 0.29) is 25.0 Å². The van der Waals surface area contributed by atoms with E-state index in [9.17, 15) is 19.8 Å². The van der Waals surface area contributed by atoms with Crippen LogP contribution in [0.5, 0.6) is 11.5 Å². The van der Waals surface area contributed by atoms with Gasteiger partial charge in [-0.2, -0.15) is 0 Å². The van der Waals surface area contributed by atoms with E-state index < -0.39 is 12.2 Å². The number of amides is 2. The van der Waals surface area contributed by atoms with Crippen LogP contribution in [0.2, 0.25) is 0 Å². The smallest absolute Gasteiger partial charge is 0.410 e. The first-order chi connectivity index (χ1) is 28.8. The molecule has 2 atom stereocenters. The van der Waals surface area contributed by atoms with Crippen LogP contribution in [0, 0.1) is 0 Å². The normalized spacial score (nSPS) is 12.6. The zero-order valence-corrected chi connectivity index (χ0v) is 37.4. The van der Waals surface area contributed by atoms with Crippen molar-refractivity contribution < 1.29 is 29.3 Å². The molecule has 4 rings (SSSR count). The number of aliphatic hydroxyl groups excluding tert-OH is 2. The molecule has 0 saturated carbocycles. The van der Waals surface area contributed by atoms with Crippen LogP contribution in [0.15, 0.2) is 91.0 Å². The summed E-state index contributed by atoms with van der Waals surface area (Å²) in [7, 11) is 0. The largest absolute Gasteiger partial charge is 0.412 e. The number of carbonyl (C=O) groups excluding carboxylic acids is 2. The number of hydrogen-bond donors (Lipinski definition) is 4. The molecule has 60 heavy (non-hydrogen) atoms.